The summed E-state index contributed by atoms with van der Waals surface area (Å²) < 4.78 is 26.0. The molecule has 0 aliphatic carbocycles. The van der Waals surface area contributed by atoms with Crippen LogP contribution in [0.25, 0.3) is 0 Å². The van der Waals surface area contributed by atoms with E-state index in [2.05, 4.69) is 9.97 Å². The number of nitrogens with two attached hydrogens (primary N) is 1. The number of rotatable bonds is 3. The van der Waals surface area contributed by atoms with Crippen molar-refractivity contribution in [3.8, 4) is 0 Å². The van der Waals surface area contributed by atoms with Gasteiger partial charge in [0.2, 0.25) is 0 Å². The van der Waals surface area contributed by atoms with Gasteiger partial charge in [0.1, 0.15) is 12.0 Å². The van der Waals surface area contributed by atoms with Crippen molar-refractivity contribution in [2.75, 3.05) is 6.54 Å². The monoisotopic (exact) mass is 173 g/mol. The molecule has 0 aromatic carbocycles. The first-order valence-corrected chi connectivity index (χ1v) is 3.51. The van der Waals surface area contributed by atoms with Gasteiger partial charge in [-0.1, -0.05) is 0 Å². The Morgan fingerprint density at radius 2 is 2.25 bits per heavy atom. The number of nitrogens with zero attached hydrogens (tertiary/aromatic N) is 2. The largest absolute Gasteiger partial charge is 0.330 e. The highest BCUT2D eigenvalue weighted by Crippen LogP contribution is 2.28. The molecule has 12 heavy (non-hydrogen) atoms. The zero-order chi connectivity index (χ0) is 9.03. The summed E-state index contributed by atoms with van der Waals surface area (Å²) in [4.78, 5) is 7.00. The Bertz CT molecular complexity index is 238. The van der Waals surface area contributed by atoms with Gasteiger partial charge in [0.15, 0.2) is 0 Å². The van der Waals surface area contributed by atoms with Gasteiger partial charge in [-0.15, -0.1) is 0 Å². The van der Waals surface area contributed by atoms with E-state index >= 15 is 0 Å². The van der Waals surface area contributed by atoms with Crippen molar-refractivity contribution in [1.82, 2.24) is 9.97 Å². The first-order chi connectivity index (χ1) is 5.67. The molecular weight excluding hydrogens is 164 g/mol. The maximum absolute atomic E-state index is 13.0. The van der Waals surface area contributed by atoms with E-state index in [1.807, 2.05) is 0 Å². The Morgan fingerprint density at radius 1 is 1.50 bits per heavy atom. The minimum atomic E-state index is -2.93. The molecule has 0 atom stereocenters. The van der Waals surface area contributed by atoms with Crippen LogP contribution in [0.5, 0.6) is 0 Å². The second kappa shape index (κ2) is 3.53. The van der Waals surface area contributed by atoms with Crippen LogP contribution in [0.3, 0.4) is 0 Å². The molecule has 0 spiro atoms. The SMILES string of the molecule is NCCC(F)(F)c1ccncn1. The Morgan fingerprint density at radius 3 is 2.75 bits per heavy atom. The van der Waals surface area contributed by atoms with Crippen LogP contribution in [0.2, 0.25) is 0 Å². The molecule has 0 radical (unpaired) electrons. The Balaban J connectivity index is 2.82. The summed E-state index contributed by atoms with van der Waals surface area (Å²) in [5.74, 6) is -2.93. The molecular formula is C7H9F2N3. The predicted molar refractivity (Wildman–Crippen MR) is 39.6 cm³/mol. The van der Waals surface area contributed by atoms with Gasteiger partial charge in [-0.2, -0.15) is 8.78 Å². The van der Waals surface area contributed by atoms with E-state index in [4.69, 9.17) is 5.73 Å². The van der Waals surface area contributed by atoms with Crippen molar-refractivity contribution in [2.24, 2.45) is 5.73 Å². The standard InChI is InChI=1S/C7H9F2N3/c8-7(9,2-3-10)6-1-4-11-5-12-6/h1,4-5H,2-3,10H2. The highest BCUT2D eigenvalue weighted by Gasteiger charge is 2.31. The fourth-order valence-corrected chi connectivity index (χ4v) is 0.816. The summed E-state index contributed by atoms with van der Waals surface area (Å²) in [6.07, 6.45) is 2.00. The molecule has 0 bridgehead atoms. The molecule has 1 heterocycles. The summed E-state index contributed by atoms with van der Waals surface area (Å²) in [5, 5.41) is 0. The van der Waals surface area contributed by atoms with Crippen LogP contribution in [0, 0.1) is 0 Å². The third kappa shape index (κ3) is 1.94. The quantitative estimate of drug-likeness (QED) is 0.739. The number of alkyl halides is 2. The third-order valence-corrected chi connectivity index (χ3v) is 1.42. The number of halogens is 2. The van der Waals surface area contributed by atoms with Gasteiger partial charge in [-0.05, 0) is 12.6 Å². The van der Waals surface area contributed by atoms with Crippen molar-refractivity contribution in [1.29, 1.82) is 0 Å². The van der Waals surface area contributed by atoms with Crippen LogP contribution in [-0.2, 0) is 5.92 Å². The van der Waals surface area contributed by atoms with Gasteiger partial charge in [-0.25, -0.2) is 9.97 Å². The van der Waals surface area contributed by atoms with Crippen LogP contribution < -0.4 is 5.73 Å². The van der Waals surface area contributed by atoms with Crippen molar-refractivity contribution in [3.05, 3.63) is 24.3 Å². The van der Waals surface area contributed by atoms with E-state index in [0.717, 1.165) is 6.33 Å². The average Bonchev–Trinajstić information content (AvgIpc) is 2.06. The topological polar surface area (TPSA) is 51.8 Å². The second-order valence-electron chi connectivity index (χ2n) is 2.34. The van der Waals surface area contributed by atoms with E-state index in [9.17, 15) is 8.78 Å². The lowest BCUT2D eigenvalue weighted by atomic mass is 10.1. The molecule has 66 valence electrons. The Kier molecular flexibility index (Phi) is 2.65. The highest BCUT2D eigenvalue weighted by atomic mass is 19.3. The van der Waals surface area contributed by atoms with Gasteiger partial charge >= 0.3 is 0 Å². The number of hydrogen-bond acceptors (Lipinski definition) is 3. The summed E-state index contributed by atoms with van der Waals surface area (Å²) >= 11 is 0. The summed E-state index contributed by atoms with van der Waals surface area (Å²) in [6, 6.07) is 1.19. The highest BCUT2D eigenvalue weighted by molar-refractivity contribution is 5.05. The fourth-order valence-electron chi connectivity index (χ4n) is 0.816. The molecule has 2 N–H and O–H groups in total. The molecule has 0 aliphatic heterocycles. The molecule has 0 fully saturated rings. The molecule has 1 rings (SSSR count). The van der Waals surface area contributed by atoms with Gasteiger partial charge in [0, 0.05) is 12.6 Å². The number of hydrogen-bond donors (Lipinski definition) is 1. The summed E-state index contributed by atoms with van der Waals surface area (Å²) in [7, 11) is 0. The van der Waals surface area contributed by atoms with E-state index in [-0.39, 0.29) is 18.7 Å². The molecule has 0 amide bonds. The first-order valence-electron chi connectivity index (χ1n) is 3.51. The van der Waals surface area contributed by atoms with Gasteiger partial charge < -0.3 is 5.73 Å². The average molecular weight is 173 g/mol. The molecule has 1 aromatic heterocycles. The predicted octanol–water partition coefficient (Wildman–Crippen LogP) is 0.917. The lowest BCUT2D eigenvalue weighted by Gasteiger charge is -2.13. The van der Waals surface area contributed by atoms with Crippen LogP contribution in [0.4, 0.5) is 8.78 Å². The zero-order valence-electron chi connectivity index (χ0n) is 6.37. The smallest absolute Gasteiger partial charge is 0.291 e. The van der Waals surface area contributed by atoms with Crippen LogP contribution in [0.15, 0.2) is 18.6 Å². The second-order valence-corrected chi connectivity index (χ2v) is 2.34. The van der Waals surface area contributed by atoms with Gasteiger partial charge in [-0.3, -0.25) is 0 Å². The molecule has 5 heteroatoms. The van der Waals surface area contributed by atoms with E-state index in [1.54, 1.807) is 0 Å². The lowest BCUT2D eigenvalue weighted by Crippen LogP contribution is -2.19. The normalized spacial score (nSPS) is 11.6. The minimum Gasteiger partial charge on any atom is -0.330 e. The Hall–Kier alpha value is -1.10. The van der Waals surface area contributed by atoms with Crippen molar-refractivity contribution >= 4 is 0 Å². The molecule has 0 aliphatic rings. The van der Waals surface area contributed by atoms with E-state index in [1.165, 1.54) is 12.3 Å². The molecule has 1 aromatic rings. The van der Waals surface area contributed by atoms with Crippen molar-refractivity contribution < 1.29 is 8.78 Å². The number of aromatic nitrogens is 2. The van der Waals surface area contributed by atoms with E-state index in [0.29, 0.717) is 0 Å². The van der Waals surface area contributed by atoms with Crippen LogP contribution >= 0.6 is 0 Å². The summed E-state index contributed by atoms with van der Waals surface area (Å²) in [6.45, 7) is -0.0585. The van der Waals surface area contributed by atoms with E-state index < -0.39 is 5.92 Å². The van der Waals surface area contributed by atoms with Crippen LogP contribution in [-0.4, -0.2) is 16.5 Å². The van der Waals surface area contributed by atoms with Crippen molar-refractivity contribution in [2.45, 2.75) is 12.3 Å². The fraction of sp³-hybridized carbons (Fsp3) is 0.429. The molecule has 0 saturated heterocycles. The summed E-state index contributed by atoms with van der Waals surface area (Å²) in [5.41, 5.74) is 4.75. The maximum Gasteiger partial charge on any atom is 0.291 e. The first kappa shape index (κ1) is 8.99. The van der Waals surface area contributed by atoms with Crippen molar-refractivity contribution in [3.63, 3.8) is 0 Å². The van der Waals surface area contributed by atoms with Crippen LogP contribution in [0.1, 0.15) is 12.1 Å². The van der Waals surface area contributed by atoms with Gasteiger partial charge in [0.05, 0.1) is 0 Å². The third-order valence-electron chi connectivity index (χ3n) is 1.42. The molecule has 3 nitrogen and oxygen atoms in total. The lowest BCUT2D eigenvalue weighted by molar-refractivity contribution is -0.0153. The molecule has 0 unspecified atom stereocenters. The van der Waals surface area contributed by atoms with Gasteiger partial charge in [0.25, 0.3) is 5.92 Å². The molecule has 0 saturated carbocycles. The maximum atomic E-state index is 13.0. The zero-order valence-corrected chi connectivity index (χ0v) is 6.37. The minimum absolute atomic E-state index is 0.0585. The Labute approximate surface area is 68.6 Å².